The summed E-state index contributed by atoms with van der Waals surface area (Å²) in [6, 6.07) is 5.90. The summed E-state index contributed by atoms with van der Waals surface area (Å²) >= 11 is 0. The highest BCUT2D eigenvalue weighted by molar-refractivity contribution is 5.86. The highest BCUT2D eigenvalue weighted by atomic mass is 16.5. The Labute approximate surface area is 112 Å². The van der Waals surface area contributed by atoms with Gasteiger partial charge in [0.05, 0.1) is 7.11 Å². The molecular formula is C15H20N2O2. The zero-order valence-electron chi connectivity index (χ0n) is 11.6. The van der Waals surface area contributed by atoms with Crippen LogP contribution in [-0.4, -0.2) is 18.0 Å². The van der Waals surface area contributed by atoms with Crippen LogP contribution in [0.1, 0.15) is 31.7 Å². The van der Waals surface area contributed by atoms with Gasteiger partial charge >= 0.3 is 0 Å². The van der Waals surface area contributed by atoms with Crippen molar-refractivity contribution >= 4 is 16.8 Å². The van der Waals surface area contributed by atoms with E-state index in [-0.39, 0.29) is 11.8 Å². The van der Waals surface area contributed by atoms with Crippen molar-refractivity contribution in [2.24, 2.45) is 11.7 Å². The molecule has 1 aromatic heterocycles. The Kier molecular flexibility index (Phi) is 3.79. The van der Waals surface area contributed by atoms with Gasteiger partial charge in [0.1, 0.15) is 5.75 Å². The molecule has 4 nitrogen and oxygen atoms in total. The molecule has 0 radical (unpaired) electrons. The van der Waals surface area contributed by atoms with Crippen molar-refractivity contribution in [1.29, 1.82) is 0 Å². The molecule has 19 heavy (non-hydrogen) atoms. The summed E-state index contributed by atoms with van der Waals surface area (Å²) in [5.74, 6) is 1.02. The van der Waals surface area contributed by atoms with Crippen molar-refractivity contribution < 1.29 is 9.53 Å². The third-order valence-corrected chi connectivity index (χ3v) is 3.55. The molecule has 0 bridgehead atoms. The van der Waals surface area contributed by atoms with E-state index >= 15 is 0 Å². The van der Waals surface area contributed by atoms with E-state index in [0.29, 0.717) is 12.3 Å². The molecule has 1 amide bonds. The van der Waals surface area contributed by atoms with E-state index < -0.39 is 0 Å². The number of fused-ring (bicyclic) bond motifs is 1. The number of carbonyl (C=O) groups is 1. The topological polar surface area (TPSA) is 68.1 Å². The molecule has 2 aromatic rings. The van der Waals surface area contributed by atoms with Crippen LogP contribution in [0.2, 0.25) is 0 Å². The van der Waals surface area contributed by atoms with Gasteiger partial charge < -0.3 is 15.5 Å². The summed E-state index contributed by atoms with van der Waals surface area (Å²) in [6.45, 7) is 4.21. The van der Waals surface area contributed by atoms with Gasteiger partial charge in [0, 0.05) is 23.5 Å². The molecule has 102 valence electrons. The number of nitrogens with two attached hydrogens (primary N) is 1. The number of hydrogen-bond donors (Lipinski definition) is 2. The van der Waals surface area contributed by atoms with Crippen LogP contribution in [-0.2, 0) is 4.79 Å². The van der Waals surface area contributed by atoms with Crippen LogP contribution in [0.5, 0.6) is 5.75 Å². The molecule has 1 atom stereocenters. The van der Waals surface area contributed by atoms with Crippen LogP contribution >= 0.6 is 0 Å². The lowest BCUT2D eigenvalue weighted by molar-refractivity contribution is -0.118. The maximum atomic E-state index is 11.3. The summed E-state index contributed by atoms with van der Waals surface area (Å²) in [4.78, 5) is 14.5. The van der Waals surface area contributed by atoms with Crippen LogP contribution in [0.4, 0.5) is 0 Å². The quantitative estimate of drug-likeness (QED) is 0.868. The smallest absolute Gasteiger partial charge is 0.218 e. The van der Waals surface area contributed by atoms with Gasteiger partial charge in [0.15, 0.2) is 0 Å². The van der Waals surface area contributed by atoms with Gasteiger partial charge in [0.2, 0.25) is 5.91 Å². The number of carbonyl (C=O) groups excluding carboxylic acids is 1. The van der Waals surface area contributed by atoms with E-state index in [2.05, 4.69) is 18.8 Å². The molecule has 1 aromatic carbocycles. The fraction of sp³-hybridized carbons (Fsp3) is 0.400. The number of ether oxygens (including phenoxy) is 1. The Bertz CT molecular complexity index is 587. The van der Waals surface area contributed by atoms with Gasteiger partial charge in [-0.15, -0.1) is 0 Å². The number of methoxy groups -OCH3 is 1. The molecule has 0 spiro atoms. The van der Waals surface area contributed by atoms with Crippen LogP contribution in [0.25, 0.3) is 10.9 Å². The number of aromatic amines is 1. The second-order valence-electron chi connectivity index (χ2n) is 5.18. The summed E-state index contributed by atoms with van der Waals surface area (Å²) < 4.78 is 5.26. The first-order valence-electron chi connectivity index (χ1n) is 6.46. The van der Waals surface area contributed by atoms with Crippen molar-refractivity contribution in [3.63, 3.8) is 0 Å². The Hall–Kier alpha value is -1.97. The minimum Gasteiger partial charge on any atom is -0.497 e. The van der Waals surface area contributed by atoms with Crippen LogP contribution in [0.15, 0.2) is 24.4 Å². The van der Waals surface area contributed by atoms with Gasteiger partial charge in [-0.25, -0.2) is 0 Å². The lowest BCUT2D eigenvalue weighted by Gasteiger charge is -2.19. The molecule has 0 aliphatic heterocycles. The molecule has 1 heterocycles. The Balaban J connectivity index is 2.49. The van der Waals surface area contributed by atoms with Crippen molar-refractivity contribution in [2.75, 3.05) is 7.11 Å². The first kappa shape index (κ1) is 13.5. The molecule has 0 aliphatic carbocycles. The van der Waals surface area contributed by atoms with E-state index in [1.165, 1.54) is 0 Å². The van der Waals surface area contributed by atoms with Gasteiger partial charge in [-0.05, 0) is 35.6 Å². The van der Waals surface area contributed by atoms with Gasteiger partial charge in [-0.1, -0.05) is 13.8 Å². The number of primary amides is 1. The van der Waals surface area contributed by atoms with E-state index in [1.54, 1.807) is 7.11 Å². The lowest BCUT2D eigenvalue weighted by atomic mass is 9.85. The number of nitrogens with one attached hydrogen (secondary N) is 1. The van der Waals surface area contributed by atoms with Crippen LogP contribution < -0.4 is 10.5 Å². The molecule has 3 N–H and O–H groups in total. The second kappa shape index (κ2) is 5.34. The van der Waals surface area contributed by atoms with Gasteiger partial charge in [0.25, 0.3) is 0 Å². The van der Waals surface area contributed by atoms with Crippen molar-refractivity contribution in [3.8, 4) is 5.75 Å². The predicted molar refractivity (Wildman–Crippen MR) is 76.2 cm³/mol. The summed E-state index contributed by atoms with van der Waals surface area (Å²) in [5.41, 5.74) is 7.54. The highest BCUT2D eigenvalue weighted by Gasteiger charge is 2.21. The second-order valence-corrected chi connectivity index (χ2v) is 5.18. The number of hydrogen-bond acceptors (Lipinski definition) is 2. The average Bonchev–Trinajstić information content (AvgIpc) is 2.77. The minimum atomic E-state index is -0.268. The molecule has 0 saturated heterocycles. The Morgan fingerprint density at radius 2 is 2.16 bits per heavy atom. The number of rotatable bonds is 5. The molecule has 4 heteroatoms. The fourth-order valence-electron chi connectivity index (χ4n) is 2.48. The monoisotopic (exact) mass is 260 g/mol. The SMILES string of the molecule is COc1ccc2[nH]cc([C@@H](CC(N)=O)C(C)C)c2c1. The maximum Gasteiger partial charge on any atom is 0.218 e. The molecule has 0 saturated carbocycles. The number of aromatic nitrogens is 1. The molecule has 0 unspecified atom stereocenters. The average molecular weight is 260 g/mol. The summed E-state index contributed by atoms with van der Waals surface area (Å²) in [7, 11) is 1.65. The maximum absolute atomic E-state index is 11.3. The Morgan fingerprint density at radius 3 is 2.74 bits per heavy atom. The number of H-pyrrole nitrogens is 1. The number of benzene rings is 1. The van der Waals surface area contributed by atoms with E-state index in [1.807, 2.05) is 24.4 Å². The standard InChI is InChI=1S/C15H20N2O2/c1-9(2)11(7-15(16)18)13-8-17-14-5-4-10(19-3)6-12(13)14/h4-6,8-9,11,17H,7H2,1-3H3,(H2,16,18)/t11-/m0/s1. The normalized spacial score (nSPS) is 12.8. The zero-order chi connectivity index (χ0) is 14.0. The summed E-state index contributed by atoms with van der Waals surface area (Å²) in [6.07, 6.45) is 2.33. The predicted octanol–water partition coefficient (Wildman–Crippen LogP) is 2.79. The third-order valence-electron chi connectivity index (χ3n) is 3.55. The number of amides is 1. The van der Waals surface area contributed by atoms with E-state index in [9.17, 15) is 4.79 Å². The molecule has 0 aliphatic rings. The van der Waals surface area contributed by atoms with Crippen molar-refractivity contribution in [3.05, 3.63) is 30.0 Å². The van der Waals surface area contributed by atoms with E-state index in [4.69, 9.17) is 10.5 Å². The zero-order valence-corrected chi connectivity index (χ0v) is 11.6. The summed E-state index contributed by atoms with van der Waals surface area (Å²) in [5, 5.41) is 1.10. The van der Waals surface area contributed by atoms with Gasteiger partial charge in [-0.3, -0.25) is 4.79 Å². The van der Waals surface area contributed by atoms with Crippen molar-refractivity contribution in [1.82, 2.24) is 4.98 Å². The Morgan fingerprint density at radius 1 is 1.42 bits per heavy atom. The van der Waals surface area contributed by atoms with Crippen LogP contribution in [0, 0.1) is 5.92 Å². The van der Waals surface area contributed by atoms with E-state index in [0.717, 1.165) is 22.2 Å². The minimum absolute atomic E-state index is 0.123. The van der Waals surface area contributed by atoms with Crippen LogP contribution in [0.3, 0.4) is 0 Å². The lowest BCUT2D eigenvalue weighted by Crippen LogP contribution is -2.18. The first-order chi connectivity index (χ1) is 9.02. The molecule has 2 rings (SSSR count). The largest absolute Gasteiger partial charge is 0.497 e. The highest BCUT2D eigenvalue weighted by Crippen LogP contribution is 2.34. The van der Waals surface area contributed by atoms with Gasteiger partial charge in [-0.2, -0.15) is 0 Å². The molecule has 0 fully saturated rings. The first-order valence-corrected chi connectivity index (χ1v) is 6.46. The fourth-order valence-corrected chi connectivity index (χ4v) is 2.48. The molecular weight excluding hydrogens is 240 g/mol. The third kappa shape index (κ3) is 2.72. The van der Waals surface area contributed by atoms with Crippen molar-refractivity contribution in [2.45, 2.75) is 26.2 Å².